The Morgan fingerprint density at radius 2 is 1.54 bits per heavy atom. The number of carbonyl (C=O) groups is 3. The van der Waals surface area contributed by atoms with E-state index in [0.717, 1.165) is 22.4 Å². The number of carbonyl (C=O) groups excluding carboxylic acids is 3. The Kier molecular flexibility index (Phi) is 8.15. The number of amides is 1. The largest absolute Gasteiger partial charge is 0.497 e. The van der Waals surface area contributed by atoms with Gasteiger partial charge in [0.25, 0.3) is 5.91 Å². The molecule has 0 aliphatic carbocycles. The summed E-state index contributed by atoms with van der Waals surface area (Å²) in [6.07, 6.45) is 1.72. The molecule has 3 aromatic carbocycles. The summed E-state index contributed by atoms with van der Waals surface area (Å²) in [5, 5.41) is 2.76. The molecule has 39 heavy (non-hydrogen) atoms. The average Bonchev–Trinajstić information content (AvgIpc) is 3.18. The van der Waals surface area contributed by atoms with Crippen LogP contribution in [0, 0.1) is 13.8 Å². The molecule has 0 spiro atoms. The molecule has 1 aliphatic rings. The van der Waals surface area contributed by atoms with Crippen LogP contribution in [-0.2, 0) is 19.1 Å². The number of ether oxygens (including phenoxy) is 3. The lowest BCUT2D eigenvalue weighted by Gasteiger charge is -2.22. The number of rotatable bonds is 8. The quantitative estimate of drug-likeness (QED) is 0.245. The minimum Gasteiger partial charge on any atom is -0.497 e. The van der Waals surface area contributed by atoms with Crippen LogP contribution in [0.25, 0.3) is 6.08 Å². The second kappa shape index (κ2) is 11.7. The lowest BCUT2D eigenvalue weighted by Crippen LogP contribution is -2.20. The highest BCUT2D eigenvalue weighted by atomic mass is 16.5. The van der Waals surface area contributed by atoms with Crippen LogP contribution in [0.15, 0.2) is 83.7 Å². The van der Waals surface area contributed by atoms with Crippen molar-refractivity contribution in [3.63, 3.8) is 0 Å². The molecule has 1 amide bonds. The Morgan fingerprint density at radius 1 is 0.872 bits per heavy atom. The highest BCUT2D eigenvalue weighted by molar-refractivity contribution is 6.30. The summed E-state index contributed by atoms with van der Waals surface area (Å²) in [7, 11) is 2.83. The first kappa shape index (κ1) is 27.2. The topological polar surface area (TPSA) is 94.2 Å². The second-order valence-corrected chi connectivity index (χ2v) is 9.05. The third-order valence-electron chi connectivity index (χ3n) is 6.46. The molecule has 1 heterocycles. The number of nitrogens with zero attached hydrogens (tertiary/aromatic N) is 1. The number of anilines is 2. The first-order chi connectivity index (χ1) is 18.7. The number of hydrogen-bond acceptors (Lipinski definition) is 7. The fourth-order valence-electron chi connectivity index (χ4n) is 4.19. The van der Waals surface area contributed by atoms with Gasteiger partial charge in [0.1, 0.15) is 17.1 Å². The molecule has 8 nitrogen and oxygen atoms in total. The molecule has 0 aromatic heterocycles. The van der Waals surface area contributed by atoms with Gasteiger partial charge in [-0.05, 0) is 92.1 Å². The van der Waals surface area contributed by atoms with Gasteiger partial charge in [0, 0.05) is 17.1 Å². The molecular weight excluding hydrogens is 496 g/mol. The van der Waals surface area contributed by atoms with Gasteiger partial charge < -0.3 is 24.4 Å². The van der Waals surface area contributed by atoms with Crippen LogP contribution in [-0.4, -0.2) is 38.5 Å². The zero-order chi connectivity index (χ0) is 28.1. The van der Waals surface area contributed by atoms with Crippen molar-refractivity contribution in [2.75, 3.05) is 31.0 Å². The van der Waals surface area contributed by atoms with E-state index >= 15 is 0 Å². The predicted octanol–water partition coefficient (Wildman–Crippen LogP) is 5.21. The van der Waals surface area contributed by atoms with E-state index in [1.807, 2.05) is 32.0 Å². The van der Waals surface area contributed by atoms with E-state index in [9.17, 15) is 14.4 Å². The van der Waals surface area contributed by atoms with Crippen molar-refractivity contribution in [3.8, 4) is 11.5 Å². The van der Waals surface area contributed by atoms with E-state index in [1.165, 1.54) is 7.11 Å². The molecule has 0 atom stereocenters. The maximum absolute atomic E-state index is 13.3. The van der Waals surface area contributed by atoms with Gasteiger partial charge in [-0.15, -0.1) is 0 Å². The first-order valence-corrected chi connectivity index (χ1v) is 12.3. The summed E-state index contributed by atoms with van der Waals surface area (Å²) in [6.45, 7) is 5.57. The molecule has 0 saturated heterocycles. The summed E-state index contributed by atoms with van der Waals surface area (Å²) in [5.41, 5.74) is 5.17. The second-order valence-electron chi connectivity index (χ2n) is 9.05. The zero-order valence-corrected chi connectivity index (χ0v) is 22.5. The smallest absolute Gasteiger partial charge is 0.343 e. The molecule has 0 radical (unpaired) electrons. The zero-order valence-electron chi connectivity index (χ0n) is 22.5. The number of esters is 1. The van der Waals surface area contributed by atoms with Crippen molar-refractivity contribution >= 4 is 35.1 Å². The van der Waals surface area contributed by atoms with Crippen molar-refractivity contribution in [2.45, 2.75) is 20.8 Å². The summed E-state index contributed by atoms with van der Waals surface area (Å²) in [4.78, 5) is 39.8. The third kappa shape index (κ3) is 6.01. The standard InChI is InChI=1S/C31H30N2O6/c1-19-6-11-24(16-20(19)2)33-21(3)29(31(36)38-5)30(35)27(33)17-22-7-12-26(13-8-22)39-18-28(34)32-23-9-14-25(37-4)15-10-23/h6-17H,18H2,1-5H3,(H,32,34)/b27-17-. The van der Waals surface area contributed by atoms with Crippen molar-refractivity contribution in [1.29, 1.82) is 0 Å². The molecule has 4 rings (SSSR count). The molecule has 8 heteroatoms. The lowest BCUT2D eigenvalue weighted by molar-refractivity contribution is -0.137. The lowest BCUT2D eigenvalue weighted by atomic mass is 10.1. The van der Waals surface area contributed by atoms with Crippen LogP contribution >= 0.6 is 0 Å². The molecule has 1 aliphatic heterocycles. The monoisotopic (exact) mass is 526 g/mol. The normalized spacial score (nSPS) is 14.0. The highest BCUT2D eigenvalue weighted by Gasteiger charge is 2.38. The van der Waals surface area contributed by atoms with Crippen LogP contribution in [0.5, 0.6) is 11.5 Å². The third-order valence-corrected chi connectivity index (χ3v) is 6.46. The van der Waals surface area contributed by atoms with Crippen molar-refractivity contribution in [2.24, 2.45) is 0 Å². The number of methoxy groups -OCH3 is 2. The fourth-order valence-corrected chi connectivity index (χ4v) is 4.19. The van der Waals surface area contributed by atoms with E-state index in [4.69, 9.17) is 14.2 Å². The van der Waals surface area contributed by atoms with Gasteiger partial charge in [0.05, 0.1) is 19.9 Å². The molecule has 0 unspecified atom stereocenters. The van der Waals surface area contributed by atoms with Gasteiger partial charge in [-0.1, -0.05) is 18.2 Å². The van der Waals surface area contributed by atoms with E-state index < -0.39 is 11.8 Å². The van der Waals surface area contributed by atoms with Crippen LogP contribution < -0.4 is 19.7 Å². The van der Waals surface area contributed by atoms with Crippen LogP contribution in [0.3, 0.4) is 0 Å². The van der Waals surface area contributed by atoms with Crippen LogP contribution in [0.1, 0.15) is 23.6 Å². The summed E-state index contributed by atoms with van der Waals surface area (Å²) < 4.78 is 15.6. The number of Topliss-reactive ketones (excluding diaryl/α,β-unsaturated/α-hetero) is 1. The molecule has 3 aromatic rings. The Balaban J connectivity index is 1.51. The summed E-state index contributed by atoms with van der Waals surface area (Å²) in [5.74, 6) is -0.193. The van der Waals surface area contributed by atoms with Crippen molar-refractivity contribution in [1.82, 2.24) is 0 Å². The van der Waals surface area contributed by atoms with E-state index in [2.05, 4.69) is 5.32 Å². The molecule has 1 N–H and O–H groups in total. The Bertz CT molecular complexity index is 1470. The van der Waals surface area contributed by atoms with Gasteiger partial charge in [-0.25, -0.2) is 4.79 Å². The van der Waals surface area contributed by atoms with Gasteiger partial charge in [-0.2, -0.15) is 0 Å². The maximum Gasteiger partial charge on any atom is 0.343 e. The van der Waals surface area contributed by atoms with E-state index in [1.54, 1.807) is 73.5 Å². The molecule has 200 valence electrons. The van der Waals surface area contributed by atoms with E-state index in [-0.39, 0.29) is 18.1 Å². The molecule has 0 saturated carbocycles. The molecule has 0 fully saturated rings. The number of aryl methyl sites for hydroxylation is 2. The Morgan fingerprint density at radius 3 is 2.15 bits per heavy atom. The number of nitrogens with one attached hydrogen (secondary N) is 1. The fraction of sp³-hybridized carbons (Fsp3) is 0.194. The van der Waals surface area contributed by atoms with Gasteiger partial charge >= 0.3 is 5.97 Å². The number of ketones is 1. The molecule has 0 bridgehead atoms. The van der Waals surface area contributed by atoms with Crippen molar-refractivity contribution in [3.05, 3.63) is 100 Å². The highest BCUT2D eigenvalue weighted by Crippen LogP contribution is 2.36. The van der Waals surface area contributed by atoms with Gasteiger partial charge in [0.15, 0.2) is 6.61 Å². The van der Waals surface area contributed by atoms with Gasteiger partial charge in [-0.3, -0.25) is 9.59 Å². The minimum absolute atomic E-state index is 0.00445. The summed E-state index contributed by atoms with van der Waals surface area (Å²) >= 11 is 0. The molecular formula is C31H30N2O6. The van der Waals surface area contributed by atoms with Gasteiger partial charge in [0.2, 0.25) is 5.78 Å². The van der Waals surface area contributed by atoms with Crippen molar-refractivity contribution < 1.29 is 28.6 Å². The maximum atomic E-state index is 13.3. The predicted molar refractivity (Wildman–Crippen MR) is 150 cm³/mol. The SMILES string of the molecule is COC(=O)C1=C(C)N(c2ccc(C)c(C)c2)/C(=C\c2ccc(OCC(=O)Nc3ccc(OC)cc3)cc2)C1=O. The Labute approximate surface area is 227 Å². The number of allylic oxidation sites excluding steroid dienone is 2. The van der Waals surface area contributed by atoms with Crippen LogP contribution in [0.4, 0.5) is 11.4 Å². The number of benzene rings is 3. The minimum atomic E-state index is -0.675. The average molecular weight is 527 g/mol. The van der Waals surface area contributed by atoms with Crippen LogP contribution in [0.2, 0.25) is 0 Å². The summed E-state index contributed by atoms with van der Waals surface area (Å²) in [6, 6.07) is 19.9. The first-order valence-electron chi connectivity index (χ1n) is 12.3. The Hall–Kier alpha value is -4.85. The van der Waals surface area contributed by atoms with E-state index in [0.29, 0.717) is 28.6 Å². The number of hydrogen-bond donors (Lipinski definition) is 1.